The highest BCUT2D eigenvalue weighted by Gasteiger charge is 2.04. The van der Waals surface area contributed by atoms with Gasteiger partial charge < -0.3 is 5.21 Å². The van der Waals surface area contributed by atoms with E-state index in [-0.39, 0.29) is 5.15 Å². The summed E-state index contributed by atoms with van der Waals surface area (Å²) in [6.07, 6.45) is 0. The quantitative estimate of drug-likeness (QED) is 0.319. The predicted octanol–water partition coefficient (Wildman–Crippen LogP) is 1.59. The van der Waals surface area contributed by atoms with Crippen molar-refractivity contribution < 1.29 is 4.73 Å². The van der Waals surface area contributed by atoms with E-state index < -0.39 is 0 Å². The Morgan fingerprint density at radius 3 is 2.50 bits per heavy atom. The fraction of sp³-hybridized carbons (Fsp3) is 0.286. The van der Waals surface area contributed by atoms with E-state index in [1.54, 1.807) is 19.1 Å². The summed E-state index contributed by atoms with van der Waals surface area (Å²) in [5, 5.41) is 11.1. The highest BCUT2D eigenvalue weighted by molar-refractivity contribution is 6.28. The van der Waals surface area contributed by atoms with Crippen LogP contribution in [0.15, 0.2) is 12.1 Å². The van der Waals surface area contributed by atoms with E-state index in [1.165, 1.54) is 0 Å². The Hall–Kier alpha value is -0.760. The van der Waals surface area contributed by atoms with Crippen LogP contribution in [0.5, 0.6) is 0 Å². The second kappa shape index (κ2) is 2.46. The van der Waals surface area contributed by atoms with Crippen LogP contribution in [0.3, 0.4) is 0 Å². The number of hydrogen-bond donors (Lipinski definition) is 0. The molecule has 0 aromatic carbocycles. The molecule has 0 saturated carbocycles. The highest BCUT2D eigenvalue weighted by Crippen LogP contribution is 2.06. The lowest BCUT2D eigenvalue weighted by Crippen LogP contribution is -2.31. The van der Waals surface area contributed by atoms with Crippen LogP contribution < -0.4 is 4.73 Å². The Morgan fingerprint density at radius 2 is 2.00 bits per heavy atom. The molecule has 0 atom stereocenters. The molecule has 0 bridgehead atoms. The minimum Gasteiger partial charge on any atom is -0.617 e. The van der Waals surface area contributed by atoms with Gasteiger partial charge in [0.1, 0.15) is 0 Å². The van der Waals surface area contributed by atoms with Crippen molar-refractivity contribution in [3.8, 4) is 0 Å². The van der Waals surface area contributed by atoms with Gasteiger partial charge in [-0.3, -0.25) is 0 Å². The van der Waals surface area contributed by atoms with E-state index in [1.807, 2.05) is 6.92 Å². The van der Waals surface area contributed by atoms with Crippen LogP contribution in [0.2, 0.25) is 5.15 Å². The second-order valence-corrected chi connectivity index (χ2v) is 2.68. The number of aromatic nitrogens is 1. The standard InChI is InChI=1S/C7H8ClNO/c1-5-3-6(2)9(10)7(8)4-5/h3-4H,1-2H3. The fourth-order valence-electron chi connectivity index (χ4n) is 0.845. The van der Waals surface area contributed by atoms with Gasteiger partial charge in [-0.25, -0.2) is 0 Å². The van der Waals surface area contributed by atoms with Crippen molar-refractivity contribution in [3.05, 3.63) is 33.8 Å². The Bertz CT molecular complexity index is 237. The van der Waals surface area contributed by atoms with Crippen molar-refractivity contribution in [2.45, 2.75) is 13.8 Å². The van der Waals surface area contributed by atoms with Gasteiger partial charge in [0, 0.05) is 19.1 Å². The smallest absolute Gasteiger partial charge is 0.286 e. The lowest BCUT2D eigenvalue weighted by molar-refractivity contribution is -0.610. The summed E-state index contributed by atoms with van der Waals surface area (Å²) < 4.78 is 0.703. The number of nitrogens with zero attached hydrogens (tertiary/aromatic N) is 1. The molecule has 0 N–H and O–H groups in total. The average molecular weight is 158 g/mol. The van der Waals surface area contributed by atoms with Crippen molar-refractivity contribution in [1.29, 1.82) is 0 Å². The van der Waals surface area contributed by atoms with Gasteiger partial charge in [0.2, 0.25) is 0 Å². The Balaban J connectivity index is 3.31. The zero-order valence-electron chi connectivity index (χ0n) is 5.89. The lowest BCUT2D eigenvalue weighted by atomic mass is 10.2. The van der Waals surface area contributed by atoms with Crippen molar-refractivity contribution >= 4 is 11.6 Å². The van der Waals surface area contributed by atoms with Crippen molar-refractivity contribution in [2.75, 3.05) is 0 Å². The first-order valence-electron chi connectivity index (χ1n) is 2.97. The second-order valence-electron chi connectivity index (χ2n) is 2.29. The van der Waals surface area contributed by atoms with E-state index in [0.29, 0.717) is 10.4 Å². The molecule has 0 unspecified atom stereocenters. The van der Waals surface area contributed by atoms with Crippen molar-refractivity contribution in [3.63, 3.8) is 0 Å². The van der Waals surface area contributed by atoms with Gasteiger partial charge in [-0.1, -0.05) is 0 Å². The number of rotatable bonds is 0. The van der Waals surface area contributed by atoms with Crippen molar-refractivity contribution in [2.24, 2.45) is 0 Å². The van der Waals surface area contributed by atoms with E-state index in [4.69, 9.17) is 11.6 Å². The normalized spacial score (nSPS) is 9.90. The Labute approximate surface area is 64.6 Å². The first-order valence-corrected chi connectivity index (χ1v) is 3.35. The molecule has 1 rings (SSSR count). The van der Waals surface area contributed by atoms with Crippen LogP contribution in [0.25, 0.3) is 0 Å². The number of hydrogen-bond acceptors (Lipinski definition) is 1. The summed E-state index contributed by atoms with van der Waals surface area (Å²) in [5.41, 5.74) is 1.64. The molecule has 0 aliphatic rings. The average Bonchev–Trinajstić information content (AvgIpc) is 1.82. The number of pyridine rings is 1. The van der Waals surface area contributed by atoms with Gasteiger partial charge in [-0.2, -0.15) is 4.73 Å². The minimum absolute atomic E-state index is 0.234. The SMILES string of the molecule is Cc1cc(C)[n+]([O-])c(Cl)c1. The largest absolute Gasteiger partial charge is 0.617 e. The topological polar surface area (TPSA) is 26.9 Å². The third-order valence-electron chi connectivity index (χ3n) is 1.30. The van der Waals surface area contributed by atoms with Crippen LogP contribution in [-0.4, -0.2) is 0 Å². The maximum Gasteiger partial charge on any atom is 0.286 e. The van der Waals surface area contributed by atoms with E-state index in [9.17, 15) is 5.21 Å². The summed E-state index contributed by atoms with van der Waals surface area (Å²) in [6, 6.07) is 3.43. The molecule has 1 aromatic heterocycles. The molecule has 0 saturated heterocycles. The van der Waals surface area contributed by atoms with E-state index in [0.717, 1.165) is 5.56 Å². The third kappa shape index (κ3) is 1.21. The maximum absolute atomic E-state index is 10.9. The zero-order valence-corrected chi connectivity index (χ0v) is 6.64. The van der Waals surface area contributed by atoms with E-state index in [2.05, 4.69) is 0 Å². The molecule has 0 aliphatic heterocycles. The molecule has 0 amide bonds. The highest BCUT2D eigenvalue weighted by atomic mass is 35.5. The molecule has 1 aromatic rings. The summed E-state index contributed by atoms with van der Waals surface area (Å²) in [6.45, 7) is 3.63. The molecule has 0 fully saturated rings. The lowest BCUT2D eigenvalue weighted by Gasteiger charge is -2.01. The van der Waals surface area contributed by atoms with Crippen LogP contribution >= 0.6 is 11.6 Å². The maximum atomic E-state index is 10.9. The number of aryl methyl sites for hydroxylation is 2. The molecule has 3 heteroatoms. The third-order valence-corrected chi connectivity index (χ3v) is 1.56. The first-order chi connectivity index (χ1) is 4.61. The molecule has 54 valence electrons. The Kier molecular flexibility index (Phi) is 1.81. The summed E-state index contributed by atoms with van der Waals surface area (Å²) in [5.74, 6) is 0. The van der Waals surface area contributed by atoms with E-state index >= 15 is 0 Å². The van der Waals surface area contributed by atoms with Crippen molar-refractivity contribution in [1.82, 2.24) is 0 Å². The van der Waals surface area contributed by atoms with Crippen LogP contribution in [0.4, 0.5) is 0 Å². The monoisotopic (exact) mass is 157 g/mol. The summed E-state index contributed by atoms with van der Waals surface area (Å²) in [7, 11) is 0. The van der Waals surface area contributed by atoms with Gasteiger partial charge in [-0.15, -0.1) is 0 Å². The fourth-order valence-corrected chi connectivity index (χ4v) is 1.15. The molecular formula is C7H8ClNO. The van der Waals surface area contributed by atoms with Crippen LogP contribution in [0.1, 0.15) is 11.3 Å². The van der Waals surface area contributed by atoms with Gasteiger partial charge in [0.25, 0.3) is 5.15 Å². The molecule has 0 spiro atoms. The minimum atomic E-state index is 0.234. The Morgan fingerprint density at radius 1 is 1.40 bits per heavy atom. The summed E-state index contributed by atoms with van der Waals surface area (Å²) in [4.78, 5) is 0. The zero-order chi connectivity index (χ0) is 7.72. The molecular weight excluding hydrogens is 150 g/mol. The molecule has 1 heterocycles. The molecule has 2 nitrogen and oxygen atoms in total. The molecule has 10 heavy (non-hydrogen) atoms. The first kappa shape index (κ1) is 7.35. The van der Waals surface area contributed by atoms with Crippen LogP contribution in [0, 0.1) is 19.1 Å². The van der Waals surface area contributed by atoms with Gasteiger partial charge in [-0.05, 0) is 24.1 Å². The predicted molar refractivity (Wildman–Crippen MR) is 39.9 cm³/mol. The number of halogens is 1. The summed E-state index contributed by atoms with van der Waals surface area (Å²) >= 11 is 5.57. The van der Waals surface area contributed by atoms with Gasteiger partial charge in [0.05, 0.1) is 0 Å². The molecule has 0 radical (unpaired) electrons. The molecule has 0 aliphatic carbocycles. The van der Waals surface area contributed by atoms with Crippen LogP contribution in [-0.2, 0) is 0 Å². The van der Waals surface area contributed by atoms with Gasteiger partial charge in [0.15, 0.2) is 5.69 Å². The van der Waals surface area contributed by atoms with Gasteiger partial charge >= 0.3 is 0 Å².